The van der Waals surface area contributed by atoms with Crippen molar-refractivity contribution in [3.05, 3.63) is 23.2 Å². The van der Waals surface area contributed by atoms with Crippen LogP contribution in [0, 0.1) is 11.8 Å². The van der Waals surface area contributed by atoms with E-state index in [2.05, 4.69) is 22.5 Å². The van der Waals surface area contributed by atoms with Gasteiger partial charge in [-0.2, -0.15) is 0 Å². The van der Waals surface area contributed by atoms with Crippen molar-refractivity contribution in [2.75, 3.05) is 5.73 Å². The smallest absolute Gasteiger partial charge is 0.180 e. The van der Waals surface area contributed by atoms with E-state index in [4.69, 9.17) is 5.73 Å². The molecule has 3 heteroatoms. The molecule has 2 aliphatic carbocycles. The summed E-state index contributed by atoms with van der Waals surface area (Å²) >= 11 is 1.56. The van der Waals surface area contributed by atoms with Gasteiger partial charge in [0.2, 0.25) is 0 Å². The Labute approximate surface area is 81.5 Å². The number of rotatable bonds is 1. The van der Waals surface area contributed by atoms with Crippen molar-refractivity contribution in [1.82, 2.24) is 4.98 Å². The van der Waals surface area contributed by atoms with Gasteiger partial charge in [0, 0.05) is 11.3 Å². The average Bonchev–Trinajstić information content (AvgIpc) is 2.77. The molecule has 0 saturated heterocycles. The molecule has 3 rings (SSSR count). The second kappa shape index (κ2) is 2.58. The SMILES string of the molecule is Nc1nc(C2CC3C=CC2C3)cs1. The largest absolute Gasteiger partial charge is 0.375 e. The van der Waals surface area contributed by atoms with Crippen molar-refractivity contribution in [2.24, 2.45) is 11.8 Å². The van der Waals surface area contributed by atoms with Gasteiger partial charge in [-0.15, -0.1) is 11.3 Å². The molecule has 2 bridgehead atoms. The highest BCUT2D eigenvalue weighted by atomic mass is 32.1. The molecule has 1 aromatic rings. The summed E-state index contributed by atoms with van der Waals surface area (Å²) in [5, 5.41) is 2.83. The molecule has 0 aromatic carbocycles. The van der Waals surface area contributed by atoms with E-state index >= 15 is 0 Å². The van der Waals surface area contributed by atoms with Crippen LogP contribution in [0.2, 0.25) is 0 Å². The van der Waals surface area contributed by atoms with E-state index in [0.29, 0.717) is 11.0 Å². The Hall–Kier alpha value is -0.830. The number of nitrogen functional groups attached to an aromatic ring is 1. The number of anilines is 1. The molecule has 1 saturated carbocycles. The summed E-state index contributed by atoms with van der Waals surface area (Å²) < 4.78 is 0. The van der Waals surface area contributed by atoms with Gasteiger partial charge < -0.3 is 5.73 Å². The van der Waals surface area contributed by atoms with Crippen LogP contribution in [-0.2, 0) is 0 Å². The number of fused-ring (bicyclic) bond motifs is 2. The van der Waals surface area contributed by atoms with Crippen LogP contribution in [0.15, 0.2) is 17.5 Å². The minimum atomic E-state index is 0.656. The molecule has 2 nitrogen and oxygen atoms in total. The van der Waals surface area contributed by atoms with Crippen LogP contribution in [0.25, 0.3) is 0 Å². The lowest BCUT2D eigenvalue weighted by Gasteiger charge is -2.14. The monoisotopic (exact) mass is 192 g/mol. The molecule has 3 unspecified atom stereocenters. The Morgan fingerprint density at radius 2 is 2.31 bits per heavy atom. The first kappa shape index (κ1) is 7.56. The topological polar surface area (TPSA) is 38.9 Å². The van der Waals surface area contributed by atoms with Crippen LogP contribution in [0.3, 0.4) is 0 Å². The molecule has 2 aliphatic rings. The predicted octanol–water partition coefficient (Wildman–Crippen LogP) is 2.40. The number of hydrogen-bond acceptors (Lipinski definition) is 3. The first-order valence-corrected chi connectivity index (χ1v) is 5.60. The third-order valence-corrected chi connectivity index (χ3v) is 3.89. The van der Waals surface area contributed by atoms with Gasteiger partial charge in [0.25, 0.3) is 0 Å². The Bertz CT molecular complexity index is 356. The third-order valence-electron chi connectivity index (χ3n) is 3.20. The van der Waals surface area contributed by atoms with Gasteiger partial charge in [0.05, 0.1) is 5.69 Å². The average molecular weight is 192 g/mol. The fourth-order valence-electron chi connectivity index (χ4n) is 2.59. The van der Waals surface area contributed by atoms with Crippen molar-refractivity contribution in [3.8, 4) is 0 Å². The number of allylic oxidation sites excluding steroid dienone is 2. The van der Waals surface area contributed by atoms with Crippen LogP contribution in [0.4, 0.5) is 5.13 Å². The summed E-state index contributed by atoms with van der Waals surface area (Å²) in [6.45, 7) is 0. The van der Waals surface area contributed by atoms with E-state index in [9.17, 15) is 0 Å². The molecule has 0 spiro atoms. The molecule has 1 fully saturated rings. The van der Waals surface area contributed by atoms with Crippen LogP contribution in [-0.4, -0.2) is 4.98 Å². The zero-order valence-corrected chi connectivity index (χ0v) is 8.13. The molecule has 1 heterocycles. The molecule has 0 aliphatic heterocycles. The van der Waals surface area contributed by atoms with Gasteiger partial charge in [0.1, 0.15) is 0 Å². The summed E-state index contributed by atoms with van der Waals surface area (Å²) in [5.41, 5.74) is 6.86. The first-order valence-electron chi connectivity index (χ1n) is 4.72. The number of hydrogen-bond donors (Lipinski definition) is 1. The van der Waals surface area contributed by atoms with Gasteiger partial charge in [0.15, 0.2) is 5.13 Å². The fraction of sp³-hybridized carbons (Fsp3) is 0.500. The normalized spacial score (nSPS) is 35.8. The minimum absolute atomic E-state index is 0.656. The first-order chi connectivity index (χ1) is 6.33. The van der Waals surface area contributed by atoms with Gasteiger partial charge >= 0.3 is 0 Å². The Kier molecular flexibility index (Phi) is 1.50. The summed E-state index contributed by atoms with van der Waals surface area (Å²) in [7, 11) is 0. The highest BCUT2D eigenvalue weighted by Crippen LogP contribution is 2.48. The highest BCUT2D eigenvalue weighted by Gasteiger charge is 2.37. The zero-order valence-electron chi connectivity index (χ0n) is 7.31. The number of aromatic nitrogens is 1. The van der Waals surface area contributed by atoms with Gasteiger partial charge in [-0.25, -0.2) is 4.98 Å². The van der Waals surface area contributed by atoms with E-state index in [1.165, 1.54) is 18.5 Å². The van der Waals surface area contributed by atoms with Gasteiger partial charge in [-0.3, -0.25) is 0 Å². The van der Waals surface area contributed by atoms with Crippen LogP contribution in [0.5, 0.6) is 0 Å². The lowest BCUT2D eigenvalue weighted by atomic mass is 9.91. The molecule has 13 heavy (non-hydrogen) atoms. The minimum Gasteiger partial charge on any atom is -0.375 e. The quantitative estimate of drug-likeness (QED) is 0.694. The molecular formula is C10H12N2S. The molecule has 0 radical (unpaired) electrons. The molecular weight excluding hydrogens is 180 g/mol. The summed E-state index contributed by atoms with van der Waals surface area (Å²) in [4.78, 5) is 4.37. The standard InChI is InChI=1S/C10H12N2S/c11-10-12-9(5-13-10)8-4-6-1-2-7(8)3-6/h1-2,5-8H,3-4H2,(H2,11,12). The van der Waals surface area contributed by atoms with E-state index < -0.39 is 0 Å². The maximum Gasteiger partial charge on any atom is 0.180 e. The lowest BCUT2D eigenvalue weighted by molar-refractivity contribution is 0.574. The van der Waals surface area contributed by atoms with Crippen LogP contribution >= 0.6 is 11.3 Å². The molecule has 2 N–H and O–H groups in total. The molecule has 0 amide bonds. The van der Waals surface area contributed by atoms with E-state index in [0.717, 1.165) is 11.8 Å². The number of thiazole rings is 1. The molecule has 68 valence electrons. The van der Waals surface area contributed by atoms with Crippen molar-refractivity contribution in [2.45, 2.75) is 18.8 Å². The highest BCUT2D eigenvalue weighted by molar-refractivity contribution is 7.13. The summed E-state index contributed by atoms with van der Waals surface area (Å²) in [6, 6.07) is 0. The van der Waals surface area contributed by atoms with E-state index in [-0.39, 0.29) is 0 Å². The van der Waals surface area contributed by atoms with Gasteiger partial charge in [-0.05, 0) is 24.7 Å². The van der Waals surface area contributed by atoms with Crippen molar-refractivity contribution in [1.29, 1.82) is 0 Å². The second-order valence-electron chi connectivity index (χ2n) is 4.00. The third kappa shape index (κ3) is 1.10. The predicted molar refractivity (Wildman–Crippen MR) is 54.6 cm³/mol. The van der Waals surface area contributed by atoms with Crippen LogP contribution in [0.1, 0.15) is 24.5 Å². The Morgan fingerprint density at radius 3 is 2.85 bits per heavy atom. The molecule has 1 aromatic heterocycles. The van der Waals surface area contributed by atoms with Crippen molar-refractivity contribution in [3.63, 3.8) is 0 Å². The lowest BCUT2D eigenvalue weighted by Crippen LogP contribution is -2.05. The zero-order chi connectivity index (χ0) is 8.84. The Morgan fingerprint density at radius 1 is 1.38 bits per heavy atom. The second-order valence-corrected chi connectivity index (χ2v) is 4.89. The molecule has 3 atom stereocenters. The Balaban J connectivity index is 1.91. The van der Waals surface area contributed by atoms with E-state index in [1.54, 1.807) is 11.3 Å². The summed E-state index contributed by atoms with van der Waals surface area (Å²) in [6.07, 6.45) is 7.33. The van der Waals surface area contributed by atoms with Crippen molar-refractivity contribution < 1.29 is 0 Å². The maximum atomic E-state index is 5.63. The van der Waals surface area contributed by atoms with E-state index in [1.807, 2.05) is 0 Å². The number of nitrogens with two attached hydrogens (primary N) is 1. The van der Waals surface area contributed by atoms with Gasteiger partial charge in [-0.1, -0.05) is 12.2 Å². The summed E-state index contributed by atoms with van der Waals surface area (Å²) in [5.74, 6) is 2.22. The fourth-order valence-corrected chi connectivity index (χ4v) is 3.22. The number of nitrogens with zero attached hydrogens (tertiary/aromatic N) is 1. The van der Waals surface area contributed by atoms with Crippen LogP contribution < -0.4 is 5.73 Å². The maximum absolute atomic E-state index is 5.63. The van der Waals surface area contributed by atoms with Crippen molar-refractivity contribution >= 4 is 16.5 Å².